The molecule has 2 aromatic rings. The third kappa shape index (κ3) is 3.60. The third-order valence-corrected chi connectivity index (χ3v) is 6.89. The van der Waals surface area contributed by atoms with Crippen LogP contribution < -0.4 is 10.8 Å². The predicted octanol–water partition coefficient (Wildman–Crippen LogP) is 2.83. The van der Waals surface area contributed by atoms with Gasteiger partial charge >= 0.3 is 12.1 Å². The fraction of sp³-hybridized carbons (Fsp3) is 0.375. The summed E-state index contributed by atoms with van der Waals surface area (Å²) in [5.41, 5.74) is 6.30. The molecule has 3 aliphatic rings. The zero-order valence-electron chi connectivity index (χ0n) is 17.4. The van der Waals surface area contributed by atoms with Crippen molar-refractivity contribution in [2.45, 2.75) is 31.2 Å². The molecule has 2 aromatic carbocycles. The Labute approximate surface area is 184 Å². The van der Waals surface area contributed by atoms with Crippen LogP contribution in [-0.2, 0) is 19.2 Å². The molecule has 3 N–H and O–H groups in total. The highest BCUT2D eigenvalue weighted by molar-refractivity contribution is 5.86. The van der Waals surface area contributed by atoms with Gasteiger partial charge in [-0.05, 0) is 47.4 Å². The van der Waals surface area contributed by atoms with Gasteiger partial charge in [0.2, 0.25) is 5.91 Å². The molecule has 0 bridgehead atoms. The molecular formula is C24H24N2O6. The summed E-state index contributed by atoms with van der Waals surface area (Å²) in [5, 5.41) is 11.5. The predicted molar refractivity (Wildman–Crippen MR) is 113 cm³/mol. The molecule has 2 amide bonds. The molecule has 8 nitrogen and oxygen atoms in total. The molecular weight excluding hydrogens is 412 g/mol. The Morgan fingerprint density at radius 2 is 1.66 bits per heavy atom. The molecule has 166 valence electrons. The monoisotopic (exact) mass is 436 g/mol. The number of rotatable bonds is 7. The Balaban J connectivity index is 1.15. The SMILES string of the molecule is O=C(O)CONC(=O)[C@@]12C[C@@H](NC(=O)OCC3c4ccccc4-c4ccccc43)C[C@@H]1C2. The van der Waals surface area contributed by atoms with E-state index in [1.165, 1.54) is 11.1 Å². The summed E-state index contributed by atoms with van der Waals surface area (Å²) < 4.78 is 5.60. The van der Waals surface area contributed by atoms with Crippen molar-refractivity contribution in [2.24, 2.45) is 11.3 Å². The minimum atomic E-state index is -1.16. The highest BCUT2D eigenvalue weighted by Crippen LogP contribution is 2.63. The molecule has 0 heterocycles. The van der Waals surface area contributed by atoms with Crippen LogP contribution in [0.4, 0.5) is 4.79 Å². The van der Waals surface area contributed by atoms with Crippen molar-refractivity contribution in [1.29, 1.82) is 0 Å². The lowest BCUT2D eigenvalue weighted by Gasteiger charge is -2.19. The summed E-state index contributed by atoms with van der Waals surface area (Å²) in [4.78, 5) is 40.1. The molecule has 3 atom stereocenters. The first kappa shape index (κ1) is 20.5. The maximum absolute atomic E-state index is 12.5. The number of carboxylic acid groups (broad SMARTS) is 1. The number of nitrogens with one attached hydrogen (secondary N) is 2. The summed E-state index contributed by atoms with van der Waals surface area (Å²) in [5.74, 6) is -1.32. The number of hydroxylamine groups is 1. The molecule has 3 aliphatic carbocycles. The Morgan fingerprint density at radius 3 is 2.31 bits per heavy atom. The van der Waals surface area contributed by atoms with E-state index in [4.69, 9.17) is 14.7 Å². The molecule has 0 saturated heterocycles. The fourth-order valence-electron chi connectivity index (χ4n) is 5.36. The van der Waals surface area contributed by atoms with Gasteiger partial charge in [0.05, 0.1) is 5.41 Å². The van der Waals surface area contributed by atoms with Crippen LogP contribution in [0.3, 0.4) is 0 Å². The van der Waals surface area contributed by atoms with E-state index < -0.39 is 24.1 Å². The minimum Gasteiger partial charge on any atom is -0.479 e. The summed E-state index contributed by atoms with van der Waals surface area (Å²) in [6, 6.07) is 16.2. The lowest BCUT2D eigenvalue weighted by Crippen LogP contribution is -2.38. The Hall–Kier alpha value is -3.39. The highest BCUT2D eigenvalue weighted by atomic mass is 16.7. The smallest absolute Gasteiger partial charge is 0.407 e. The number of amides is 2. The number of fused-ring (bicyclic) bond motifs is 4. The van der Waals surface area contributed by atoms with E-state index in [1.54, 1.807) is 0 Å². The number of carboxylic acids is 1. The minimum absolute atomic E-state index is 0.00589. The van der Waals surface area contributed by atoms with Crippen molar-refractivity contribution in [3.05, 3.63) is 59.7 Å². The summed E-state index contributed by atoms with van der Waals surface area (Å²) >= 11 is 0. The first-order valence-corrected chi connectivity index (χ1v) is 10.7. The van der Waals surface area contributed by atoms with Crippen LogP contribution in [0.15, 0.2) is 48.5 Å². The van der Waals surface area contributed by atoms with Gasteiger partial charge in [-0.25, -0.2) is 15.1 Å². The molecule has 0 aromatic heterocycles. The van der Waals surface area contributed by atoms with Crippen molar-refractivity contribution >= 4 is 18.0 Å². The van der Waals surface area contributed by atoms with Crippen LogP contribution in [0.1, 0.15) is 36.3 Å². The number of ether oxygens (including phenoxy) is 1. The number of benzene rings is 2. The topological polar surface area (TPSA) is 114 Å². The molecule has 5 rings (SSSR count). The maximum Gasteiger partial charge on any atom is 0.407 e. The van der Waals surface area contributed by atoms with Gasteiger partial charge in [0, 0.05) is 12.0 Å². The molecule has 0 radical (unpaired) electrons. The van der Waals surface area contributed by atoms with Gasteiger partial charge in [-0.2, -0.15) is 0 Å². The normalized spacial score (nSPS) is 24.8. The number of alkyl carbamates (subject to hydrolysis) is 1. The van der Waals surface area contributed by atoms with E-state index in [1.807, 2.05) is 24.3 Å². The summed E-state index contributed by atoms with van der Waals surface area (Å²) in [7, 11) is 0. The van der Waals surface area contributed by atoms with Crippen molar-refractivity contribution in [1.82, 2.24) is 10.8 Å². The largest absolute Gasteiger partial charge is 0.479 e. The average molecular weight is 436 g/mol. The van der Waals surface area contributed by atoms with E-state index >= 15 is 0 Å². The number of hydrogen-bond acceptors (Lipinski definition) is 5. The van der Waals surface area contributed by atoms with Gasteiger partial charge in [-0.3, -0.25) is 9.63 Å². The molecule has 2 saturated carbocycles. The van der Waals surface area contributed by atoms with Crippen LogP contribution in [0.2, 0.25) is 0 Å². The van der Waals surface area contributed by atoms with Gasteiger partial charge in [0.1, 0.15) is 6.61 Å². The highest BCUT2D eigenvalue weighted by Gasteiger charge is 2.65. The first-order valence-electron chi connectivity index (χ1n) is 10.7. The lowest BCUT2D eigenvalue weighted by molar-refractivity contribution is -0.151. The van der Waals surface area contributed by atoms with Crippen molar-refractivity contribution < 1.29 is 29.1 Å². The number of aliphatic carboxylic acids is 1. The van der Waals surface area contributed by atoms with E-state index in [0.29, 0.717) is 12.8 Å². The zero-order chi connectivity index (χ0) is 22.3. The second-order valence-electron chi connectivity index (χ2n) is 8.78. The first-order chi connectivity index (χ1) is 15.5. The zero-order valence-corrected chi connectivity index (χ0v) is 17.4. The van der Waals surface area contributed by atoms with Crippen molar-refractivity contribution in [3.63, 3.8) is 0 Å². The van der Waals surface area contributed by atoms with E-state index in [-0.39, 0.29) is 30.4 Å². The molecule has 32 heavy (non-hydrogen) atoms. The molecule has 0 aliphatic heterocycles. The van der Waals surface area contributed by atoms with Crippen LogP contribution in [-0.4, -0.2) is 42.3 Å². The molecule has 2 fully saturated rings. The fourth-order valence-corrected chi connectivity index (χ4v) is 5.36. The summed E-state index contributed by atoms with van der Waals surface area (Å²) in [6.07, 6.45) is 1.41. The van der Waals surface area contributed by atoms with Gasteiger partial charge in [-0.1, -0.05) is 48.5 Å². The second kappa shape index (κ2) is 7.94. The Morgan fingerprint density at radius 1 is 1.00 bits per heavy atom. The summed E-state index contributed by atoms with van der Waals surface area (Å²) in [6.45, 7) is -0.349. The number of carbonyl (C=O) groups is 3. The Bertz CT molecular complexity index is 1040. The molecule has 8 heteroatoms. The maximum atomic E-state index is 12.5. The van der Waals surface area contributed by atoms with Gasteiger partial charge in [-0.15, -0.1) is 0 Å². The van der Waals surface area contributed by atoms with E-state index in [0.717, 1.165) is 17.5 Å². The van der Waals surface area contributed by atoms with Crippen LogP contribution in [0, 0.1) is 11.3 Å². The molecule has 0 unspecified atom stereocenters. The molecule has 0 spiro atoms. The standard InChI is InChI=1S/C24H24N2O6/c27-21(28)13-32-26-22(29)24-10-14(24)9-15(11-24)25-23(30)31-12-20-18-7-3-1-5-16(18)17-6-2-4-8-19(17)20/h1-8,14-15,20H,9-13H2,(H,25,30)(H,26,29)(H,27,28)/t14-,15+,24+/m1/s1. The quantitative estimate of drug-likeness (QED) is 0.575. The average Bonchev–Trinajstić information content (AvgIpc) is 3.20. The lowest BCUT2D eigenvalue weighted by atomic mass is 9.98. The van der Waals surface area contributed by atoms with Gasteiger partial charge < -0.3 is 15.2 Å². The van der Waals surface area contributed by atoms with Crippen LogP contribution in [0.25, 0.3) is 11.1 Å². The van der Waals surface area contributed by atoms with Crippen LogP contribution >= 0.6 is 0 Å². The van der Waals surface area contributed by atoms with Gasteiger partial charge in [0.25, 0.3) is 0 Å². The second-order valence-corrected chi connectivity index (χ2v) is 8.78. The van der Waals surface area contributed by atoms with Crippen molar-refractivity contribution in [2.75, 3.05) is 13.2 Å². The van der Waals surface area contributed by atoms with Gasteiger partial charge in [0.15, 0.2) is 6.61 Å². The van der Waals surface area contributed by atoms with Crippen molar-refractivity contribution in [3.8, 4) is 11.1 Å². The number of hydrogen-bond donors (Lipinski definition) is 3. The Kier molecular flexibility index (Phi) is 5.09. The van der Waals surface area contributed by atoms with E-state index in [9.17, 15) is 14.4 Å². The third-order valence-electron chi connectivity index (χ3n) is 6.89. The van der Waals surface area contributed by atoms with Crippen LogP contribution in [0.5, 0.6) is 0 Å². The number of carbonyl (C=O) groups excluding carboxylic acids is 2. The van der Waals surface area contributed by atoms with E-state index in [2.05, 4.69) is 35.1 Å².